The van der Waals surface area contributed by atoms with Gasteiger partial charge in [-0.3, -0.25) is 0 Å². The molecule has 0 radical (unpaired) electrons. The molecule has 0 aliphatic carbocycles. The normalized spacial score (nSPS) is 13.9. The van der Waals surface area contributed by atoms with Crippen LogP contribution in [0.1, 0.15) is 18.3 Å². The molecule has 144 valence electrons. The van der Waals surface area contributed by atoms with E-state index in [0.29, 0.717) is 38.0 Å². The predicted molar refractivity (Wildman–Crippen MR) is 103 cm³/mol. The van der Waals surface area contributed by atoms with Crippen LogP contribution in [0.3, 0.4) is 0 Å². The van der Waals surface area contributed by atoms with Crippen molar-refractivity contribution in [2.45, 2.75) is 20.4 Å². The van der Waals surface area contributed by atoms with Gasteiger partial charge in [0.15, 0.2) is 0 Å². The first-order valence-electron chi connectivity index (χ1n) is 9.09. The van der Waals surface area contributed by atoms with Crippen molar-refractivity contribution >= 4 is 17.7 Å². The van der Waals surface area contributed by atoms with Gasteiger partial charge in [-0.25, -0.2) is 14.8 Å². The Morgan fingerprint density at radius 1 is 1.22 bits per heavy atom. The number of anilines is 2. The monoisotopic (exact) mass is 371 g/mol. The number of aryl methyl sites for hydroxylation is 1. The minimum atomic E-state index is -0.289. The Balaban J connectivity index is 1.55. The van der Waals surface area contributed by atoms with Crippen LogP contribution in [0.2, 0.25) is 0 Å². The lowest BCUT2D eigenvalue weighted by molar-refractivity contribution is 0.122. The molecule has 27 heavy (non-hydrogen) atoms. The number of morpholine rings is 1. The van der Waals surface area contributed by atoms with Crippen LogP contribution < -0.4 is 20.3 Å². The second-order valence-corrected chi connectivity index (χ2v) is 6.17. The summed E-state index contributed by atoms with van der Waals surface area (Å²) in [5.41, 5.74) is 2.34. The molecule has 1 aromatic carbocycles. The Labute approximate surface area is 158 Å². The van der Waals surface area contributed by atoms with Crippen molar-refractivity contribution in [1.82, 2.24) is 15.3 Å². The van der Waals surface area contributed by atoms with Crippen LogP contribution in [0.25, 0.3) is 0 Å². The Morgan fingerprint density at radius 2 is 1.96 bits per heavy atom. The maximum atomic E-state index is 12.1. The van der Waals surface area contributed by atoms with E-state index < -0.39 is 0 Å². The third kappa shape index (κ3) is 5.55. The molecule has 2 heterocycles. The summed E-state index contributed by atoms with van der Waals surface area (Å²) in [4.78, 5) is 23.3. The average molecular weight is 371 g/mol. The lowest BCUT2D eigenvalue weighted by atomic mass is 10.3. The van der Waals surface area contributed by atoms with Gasteiger partial charge in [-0.05, 0) is 44.2 Å². The number of nitrogens with one attached hydrogen (secondary N) is 2. The van der Waals surface area contributed by atoms with Crippen LogP contribution in [-0.2, 0) is 11.3 Å². The van der Waals surface area contributed by atoms with Gasteiger partial charge in [-0.1, -0.05) is 0 Å². The van der Waals surface area contributed by atoms with Gasteiger partial charge in [0.25, 0.3) is 0 Å². The lowest BCUT2D eigenvalue weighted by Crippen LogP contribution is -2.37. The van der Waals surface area contributed by atoms with Crippen LogP contribution in [-0.4, -0.2) is 48.9 Å². The zero-order valence-electron chi connectivity index (χ0n) is 15.7. The van der Waals surface area contributed by atoms with Crippen molar-refractivity contribution in [3.8, 4) is 5.75 Å². The first-order valence-corrected chi connectivity index (χ1v) is 9.09. The second kappa shape index (κ2) is 9.18. The molecule has 0 saturated carbocycles. The number of amides is 2. The number of aromatic nitrogens is 2. The van der Waals surface area contributed by atoms with Crippen LogP contribution in [0.15, 0.2) is 30.3 Å². The fraction of sp³-hybridized carbons (Fsp3) is 0.421. The molecule has 1 fully saturated rings. The summed E-state index contributed by atoms with van der Waals surface area (Å²) in [6.45, 7) is 7.68. The number of hydrogen-bond donors (Lipinski definition) is 2. The van der Waals surface area contributed by atoms with Gasteiger partial charge in [0.05, 0.1) is 32.1 Å². The Morgan fingerprint density at radius 3 is 2.67 bits per heavy atom. The van der Waals surface area contributed by atoms with E-state index in [1.165, 1.54) is 0 Å². The first kappa shape index (κ1) is 18.9. The number of carbonyl (C=O) groups excluding carboxylic acids is 1. The van der Waals surface area contributed by atoms with E-state index in [1.54, 1.807) is 12.1 Å². The maximum Gasteiger partial charge on any atom is 0.319 e. The Hall–Kier alpha value is -2.87. The standard InChI is InChI=1S/C19H25N5O3/c1-3-27-17-6-4-15(5-7-17)23-19(25)20-13-16-12-14(2)21-18(22-16)24-8-10-26-11-9-24/h4-7,12H,3,8-11,13H2,1-2H3,(H2,20,23,25). The lowest BCUT2D eigenvalue weighted by Gasteiger charge is -2.27. The van der Waals surface area contributed by atoms with Crippen LogP contribution in [0.5, 0.6) is 5.75 Å². The molecule has 3 rings (SSSR count). The molecule has 1 aromatic heterocycles. The number of carbonyl (C=O) groups is 1. The van der Waals surface area contributed by atoms with Crippen LogP contribution >= 0.6 is 0 Å². The summed E-state index contributed by atoms with van der Waals surface area (Å²) in [7, 11) is 0. The average Bonchev–Trinajstić information content (AvgIpc) is 2.68. The van der Waals surface area contributed by atoms with Gasteiger partial charge in [0, 0.05) is 24.5 Å². The fourth-order valence-electron chi connectivity index (χ4n) is 2.76. The SMILES string of the molecule is CCOc1ccc(NC(=O)NCc2cc(C)nc(N3CCOCC3)n2)cc1. The molecule has 1 aliphatic rings. The first-order chi connectivity index (χ1) is 13.1. The molecule has 8 heteroatoms. The van der Waals surface area contributed by atoms with Gasteiger partial charge in [-0.2, -0.15) is 0 Å². The maximum absolute atomic E-state index is 12.1. The predicted octanol–water partition coefficient (Wildman–Crippen LogP) is 2.34. The molecule has 2 amide bonds. The zero-order valence-corrected chi connectivity index (χ0v) is 15.7. The van der Waals surface area contributed by atoms with Gasteiger partial charge >= 0.3 is 6.03 Å². The minimum Gasteiger partial charge on any atom is -0.494 e. The smallest absolute Gasteiger partial charge is 0.319 e. The van der Waals surface area contributed by atoms with E-state index >= 15 is 0 Å². The van der Waals surface area contributed by atoms with Crippen molar-refractivity contribution in [3.05, 3.63) is 41.7 Å². The van der Waals surface area contributed by atoms with Crippen molar-refractivity contribution in [2.75, 3.05) is 43.1 Å². The highest BCUT2D eigenvalue weighted by Gasteiger charge is 2.15. The highest BCUT2D eigenvalue weighted by molar-refractivity contribution is 5.89. The molecule has 1 saturated heterocycles. The molecule has 8 nitrogen and oxygen atoms in total. The van der Waals surface area contributed by atoms with E-state index in [-0.39, 0.29) is 6.03 Å². The van der Waals surface area contributed by atoms with Crippen molar-refractivity contribution in [2.24, 2.45) is 0 Å². The van der Waals surface area contributed by atoms with E-state index in [0.717, 1.165) is 30.2 Å². The van der Waals surface area contributed by atoms with Gasteiger partial charge < -0.3 is 25.0 Å². The van der Waals surface area contributed by atoms with E-state index in [2.05, 4.69) is 25.5 Å². The summed E-state index contributed by atoms with van der Waals surface area (Å²) in [5.74, 6) is 1.46. The van der Waals surface area contributed by atoms with Gasteiger partial charge in [0.1, 0.15) is 5.75 Å². The van der Waals surface area contributed by atoms with E-state index in [4.69, 9.17) is 9.47 Å². The summed E-state index contributed by atoms with van der Waals surface area (Å²) >= 11 is 0. The molecule has 0 spiro atoms. The quantitative estimate of drug-likeness (QED) is 0.810. The minimum absolute atomic E-state index is 0.289. The van der Waals surface area contributed by atoms with E-state index in [1.807, 2.05) is 32.0 Å². The number of benzene rings is 1. The largest absolute Gasteiger partial charge is 0.494 e. The molecule has 0 bridgehead atoms. The molecule has 2 N–H and O–H groups in total. The number of urea groups is 1. The summed E-state index contributed by atoms with van der Waals surface area (Å²) in [6, 6.07) is 8.83. The second-order valence-electron chi connectivity index (χ2n) is 6.17. The van der Waals surface area contributed by atoms with Gasteiger partial charge in [-0.15, -0.1) is 0 Å². The van der Waals surface area contributed by atoms with Crippen LogP contribution in [0.4, 0.5) is 16.4 Å². The third-order valence-corrected chi connectivity index (χ3v) is 4.04. The highest BCUT2D eigenvalue weighted by atomic mass is 16.5. The number of ether oxygens (including phenoxy) is 2. The topological polar surface area (TPSA) is 88.6 Å². The van der Waals surface area contributed by atoms with Crippen molar-refractivity contribution in [3.63, 3.8) is 0 Å². The van der Waals surface area contributed by atoms with Gasteiger partial charge in [0.2, 0.25) is 5.95 Å². The Bertz CT molecular complexity index is 760. The molecule has 2 aromatic rings. The van der Waals surface area contributed by atoms with E-state index in [9.17, 15) is 4.79 Å². The van der Waals surface area contributed by atoms with Crippen LogP contribution in [0, 0.1) is 6.92 Å². The number of rotatable bonds is 6. The number of nitrogens with zero attached hydrogens (tertiary/aromatic N) is 3. The number of hydrogen-bond acceptors (Lipinski definition) is 6. The highest BCUT2D eigenvalue weighted by Crippen LogP contribution is 2.16. The molecule has 0 unspecified atom stereocenters. The van der Waals surface area contributed by atoms with Crippen molar-refractivity contribution in [1.29, 1.82) is 0 Å². The van der Waals surface area contributed by atoms with Crippen molar-refractivity contribution < 1.29 is 14.3 Å². The Kier molecular flexibility index (Phi) is 6.43. The summed E-state index contributed by atoms with van der Waals surface area (Å²) in [5, 5.41) is 5.63. The zero-order chi connectivity index (χ0) is 19.1. The summed E-state index contributed by atoms with van der Waals surface area (Å²) < 4.78 is 10.8. The molecule has 0 atom stereocenters. The fourth-order valence-corrected chi connectivity index (χ4v) is 2.76. The third-order valence-electron chi connectivity index (χ3n) is 4.04. The molecular weight excluding hydrogens is 346 g/mol. The molecular formula is C19H25N5O3. The molecule has 1 aliphatic heterocycles. The summed E-state index contributed by atoms with van der Waals surface area (Å²) in [6.07, 6.45) is 0.